The third-order valence-electron chi connectivity index (χ3n) is 3.14. The zero-order valence-corrected chi connectivity index (χ0v) is 10.0. The molecule has 0 aromatic carbocycles. The Balaban J connectivity index is 2.65. The number of amides is 1. The summed E-state index contributed by atoms with van der Waals surface area (Å²) in [4.78, 5) is 16.1. The number of likely N-dealkylation sites (tertiary alicyclic amines) is 1. The van der Waals surface area contributed by atoms with Crippen LogP contribution in [-0.4, -0.2) is 47.9 Å². The van der Waals surface area contributed by atoms with E-state index in [0.717, 1.165) is 19.4 Å². The van der Waals surface area contributed by atoms with Crippen molar-refractivity contribution in [1.82, 2.24) is 9.80 Å². The van der Waals surface area contributed by atoms with Crippen LogP contribution in [0.3, 0.4) is 0 Å². The van der Waals surface area contributed by atoms with Crippen LogP contribution in [0.1, 0.15) is 33.6 Å². The average Bonchev–Trinajstić information content (AvgIpc) is 2.47. The van der Waals surface area contributed by atoms with Crippen LogP contribution in [0.4, 0.5) is 0 Å². The molecular weight excluding hydrogens is 176 g/mol. The zero-order chi connectivity index (χ0) is 10.9. The van der Waals surface area contributed by atoms with E-state index in [4.69, 9.17) is 0 Å². The van der Waals surface area contributed by atoms with Gasteiger partial charge in [-0.2, -0.15) is 0 Å². The van der Waals surface area contributed by atoms with Crippen molar-refractivity contribution in [2.75, 3.05) is 20.6 Å². The van der Waals surface area contributed by atoms with E-state index in [0.29, 0.717) is 0 Å². The molecule has 3 heteroatoms. The quantitative estimate of drug-likeness (QED) is 0.635. The van der Waals surface area contributed by atoms with Gasteiger partial charge in [0.25, 0.3) is 0 Å². The molecule has 1 amide bonds. The molecule has 1 aliphatic heterocycles. The van der Waals surface area contributed by atoms with E-state index in [2.05, 4.69) is 25.7 Å². The number of likely N-dealkylation sites (N-methyl/N-ethyl adjacent to an activating group) is 2. The highest BCUT2D eigenvalue weighted by atomic mass is 16.2. The van der Waals surface area contributed by atoms with E-state index in [1.807, 2.05) is 19.0 Å². The number of rotatable bonds is 1. The zero-order valence-electron chi connectivity index (χ0n) is 10.0. The first-order chi connectivity index (χ1) is 6.34. The van der Waals surface area contributed by atoms with Crippen LogP contribution < -0.4 is 0 Å². The van der Waals surface area contributed by atoms with Gasteiger partial charge in [0.15, 0.2) is 0 Å². The number of nitrogens with zero attached hydrogens (tertiary/aromatic N) is 2. The van der Waals surface area contributed by atoms with Gasteiger partial charge in [0, 0.05) is 12.6 Å². The van der Waals surface area contributed by atoms with Crippen molar-refractivity contribution in [2.45, 2.75) is 45.2 Å². The molecule has 0 radical (unpaired) electrons. The summed E-state index contributed by atoms with van der Waals surface area (Å²) in [5.41, 5.74) is -0.0689. The fraction of sp³-hybridized carbons (Fsp3) is 0.909. The molecule has 0 bridgehead atoms. The second-order valence-electron chi connectivity index (χ2n) is 5.21. The Kier molecular flexibility index (Phi) is 3.20. The first-order valence-corrected chi connectivity index (χ1v) is 5.32. The molecule has 14 heavy (non-hydrogen) atoms. The monoisotopic (exact) mass is 198 g/mol. The van der Waals surface area contributed by atoms with Crippen molar-refractivity contribution in [1.29, 1.82) is 0 Å². The van der Waals surface area contributed by atoms with Crippen molar-refractivity contribution in [3.63, 3.8) is 0 Å². The molecule has 3 nitrogen and oxygen atoms in total. The third kappa shape index (κ3) is 2.27. The first kappa shape index (κ1) is 11.5. The number of carbonyl (C=O) groups excluding carboxylic acids is 1. The molecule has 1 fully saturated rings. The Morgan fingerprint density at radius 1 is 1.43 bits per heavy atom. The Morgan fingerprint density at radius 3 is 2.36 bits per heavy atom. The molecule has 82 valence electrons. The second kappa shape index (κ2) is 3.89. The van der Waals surface area contributed by atoms with Crippen molar-refractivity contribution < 1.29 is 4.79 Å². The lowest BCUT2D eigenvalue weighted by molar-refractivity contribution is -0.138. The third-order valence-corrected chi connectivity index (χ3v) is 3.14. The van der Waals surface area contributed by atoms with Gasteiger partial charge in [-0.3, -0.25) is 9.69 Å². The molecule has 0 saturated carbocycles. The lowest BCUT2D eigenvalue weighted by Gasteiger charge is -2.35. The summed E-state index contributed by atoms with van der Waals surface area (Å²) >= 11 is 0. The SMILES string of the molecule is CN1CCC[C@@H]1C(=O)N(C)C(C)(C)C. The fourth-order valence-electron chi connectivity index (χ4n) is 1.78. The van der Waals surface area contributed by atoms with E-state index in [1.165, 1.54) is 0 Å². The molecule has 1 rings (SSSR count). The molecule has 0 unspecified atom stereocenters. The average molecular weight is 198 g/mol. The lowest BCUT2D eigenvalue weighted by atomic mass is 10.0. The Morgan fingerprint density at radius 2 is 2.00 bits per heavy atom. The maximum absolute atomic E-state index is 12.1. The maximum atomic E-state index is 12.1. The normalized spacial score (nSPS) is 23.9. The summed E-state index contributed by atoms with van der Waals surface area (Å²) in [6.45, 7) is 7.26. The molecule has 1 heterocycles. The van der Waals surface area contributed by atoms with Crippen LogP contribution >= 0.6 is 0 Å². The van der Waals surface area contributed by atoms with E-state index in [9.17, 15) is 4.79 Å². The van der Waals surface area contributed by atoms with Gasteiger partial charge >= 0.3 is 0 Å². The number of carbonyl (C=O) groups is 1. The summed E-state index contributed by atoms with van der Waals surface area (Å²) in [5.74, 6) is 0.262. The highest BCUT2D eigenvalue weighted by Gasteiger charge is 2.33. The minimum atomic E-state index is -0.0689. The Hall–Kier alpha value is -0.570. The van der Waals surface area contributed by atoms with Crippen LogP contribution in [0, 0.1) is 0 Å². The van der Waals surface area contributed by atoms with Gasteiger partial charge in [0.2, 0.25) is 5.91 Å². The summed E-state index contributed by atoms with van der Waals surface area (Å²) in [6.07, 6.45) is 2.15. The highest BCUT2D eigenvalue weighted by molar-refractivity contribution is 5.82. The van der Waals surface area contributed by atoms with Crippen molar-refractivity contribution in [3.8, 4) is 0 Å². The predicted octanol–water partition coefficient (Wildman–Crippen LogP) is 1.34. The van der Waals surface area contributed by atoms with Crippen LogP contribution in [0.15, 0.2) is 0 Å². The van der Waals surface area contributed by atoms with Gasteiger partial charge < -0.3 is 4.90 Å². The Labute approximate surface area is 87.1 Å². The van der Waals surface area contributed by atoms with E-state index in [1.54, 1.807) is 0 Å². The molecule has 1 saturated heterocycles. The highest BCUT2D eigenvalue weighted by Crippen LogP contribution is 2.20. The van der Waals surface area contributed by atoms with Crippen molar-refractivity contribution in [3.05, 3.63) is 0 Å². The molecule has 0 aromatic heterocycles. The summed E-state index contributed by atoms with van der Waals surface area (Å²) in [7, 11) is 3.93. The first-order valence-electron chi connectivity index (χ1n) is 5.32. The van der Waals surface area contributed by atoms with Gasteiger partial charge in [-0.05, 0) is 47.2 Å². The Bertz CT molecular complexity index is 216. The molecule has 1 aliphatic rings. The van der Waals surface area contributed by atoms with E-state index >= 15 is 0 Å². The molecule has 0 N–H and O–H groups in total. The van der Waals surface area contributed by atoms with Crippen LogP contribution in [0.5, 0.6) is 0 Å². The van der Waals surface area contributed by atoms with E-state index in [-0.39, 0.29) is 17.5 Å². The van der Waals surface area contributed by atoms with Crippen LogP contribution in [-0.2, 0) is 4.79 Å². The minimum Gasteiger partial charge on any atom is -0.340 e. The van der Waals surface area contributed by atoms with E-state index < -0.39 is 0 Å². The molecule has 0 aliphatic carbocycles. The smallest absolute Gasteiger partial charge is 0.240 e. The standard InChI is InChI=1S/C11H22N2O/c1-11(2,3)13(5)10(14)9-7-6-8-12(9)4/h9H,6-8H2,1-5H3/t9-/m1/s1. The van der Waals surface area contributed by atoms with Gasteiger partial charge in [0.1, 0.15) is 0 Å². The molecule has 0 aromatic rings. The van der Waals surface area contributed by atoms with Gasteiger partial charge in [-0.25, -0.2) is 0 Å². The van der Waals surface area contributed by atoms with Crippen molar-refractivity contribution in [2.24, 2.45) is 0 Å². The van der Waals surface area contributed by atoms with Gasteiger partial charge in [0.05, 0.1) is 6.04 Å². The number of hydrogen-bond donors (Lipinski definition) is 0. The largest absolute Gasteiger partial charge is 0.340 e. The predicted molar refractivity (Wildman–Crippen MR) is 58.2 cm³/mol. The van der Waals surface area contributed by atoms with Gasteiger partial charge in [-0.1, -0.05) is 0 Å². The number of hydrogen-bond acceptors (Lipinski definition) is 2. The summed E-state index contributed by atoms with van der Waals surface area (Å²) in [5, 5.41) is 0. The second-order valence-corrected chi connectivity index (χ2v) is 5.21. The fourth-order valence-corrected chi connectivity index (χ4v) is 1.78. The maximum Gasteiger partial charge on any atom is 0.240 e. The van der Waals surface area contributed by atoms with Crippen molar-refractivity contribution >= 4 is 5.91 Å². The van der Waals surface area contributed by atoms with Gasteiger partial charge in [-0.15, -0.1) is 0 Å². The topological polar surface area (TPSA) is 23.6 Å². The van der Waals surface area contributed by atoms with Crippen LogP contribution in [0.2, 0.25) is 0 Å². The van der Waals surface area contributed by atoms with Crippen LogP contribution in [0.25, 0.3) is 0 Å². The lowest BCUT2D eigenvalue weighted by Crippen LogP contribution is -2.50. The molecular formula is C11H22N2O. The summed E-state index contributed by atoms with van der Waals surface area (Å²) < 4.78 is 0. The molecule has 0 spiro atoms. The molecule has 1 atom stereocenters. The minimum absolute atomic E-state index is 0.0689. The summed E-state index contributed by atoms with van der Waals surface area (Å²) in [6, 6.07) is 0.110.